The van der Waals surface area contributed by atoms with Crippen LogP contribution in [0.3, 0.4) is 0 Å². The molecule has 2 saturated heterocycles. The Morgan fingerprint density at radius 3 is 2.82 bits per heavy atom. The van der Waals surface area contributed by atoms with Crippen molar-refractivity contribution >= 4 is 11.6 Å². The van der Waals surface area contributed by atoms with Crippen LogP contribution in [0.2, 0.25) is 0 Å². The van der Waals surface area contributed by atoms with Gasteiger partial charge in [-0.1, -0.05) is 6.92 Å². The predicted octanol–water partition coefficient (Wildman–Crippen LogP) is 2.43. The van der Waals surface area contributed by atoms with Gasteiger partial charge in [-0.25, -0.2) is 0 Å². The van der Waals surface area contributed by atoms with Crippen molar-refractivity contribution in [2.75, 3.05) is 12.5 Å². The Morgan fingerprint density at radius 2 is 2.36 bits per heavy atom. The van der Waals surface area contributed by atoms with Gasteiger partial charge in [0.25, 0.3) is 0 Å². The SMILES string of the molecule is CC(CCl)CC12CC(CO1)C2. The third-order valence-corrected chi connectivity index (χ3v) is 3.46. The van der Waals surface area contributed by atoms with E-state index < -0.39 is 0 Å². The summed E-state index contributed by atoms with van der Waals surface area (Å²) >= 11 is 5.75. The lowest BCUT2D eigenvalue weighted by Gasteiger charge is -2.37. The fourth-order valence-electron chi connectivity index (χ4n) is 2.44. The molecule has 2 heterocycles. The third kappa shape index (κ3) is 1.29. The Balaban J connectivity index is 1.86. The first kappa shape index (κ1) is 7.88. The van der Waals surface area contributed by atoms with E-state index in [1.165, 1.54) is 19.3 Å². The summed E-state index contributed by atoms with van der Waals surface area (Å²) in [4.78, 5) is 0. The lowest BCUT2D eigenvalue weighted by atomic mass is 9.71. The average Bonchev–Trinajstić information content (AvgIpc) is 2.45. The van der Waals surface area contributed by atoms with Crippen LogP contribution in [0.1, 0.15) is 26.2 Å². The number of ether oxygens (including phenoxy) is 1. The lowest BCUT2D eigenvalue weighted by Crippen LogP contribution is -2.38. The van der Waals surface area contributed by atoms with Crippen LogP contribution in [0.4, 0.5) is 0 Å². The van der Waals surface area contributed by atoms with Crippen LogP contribution in [0.5, 0.6) is 0 Å². The van der Waals surface area contributed by atoms with Crippen molar-refractivity contribution in [2.45, 2.75) is 31.8 Å². The highest BCUT2D eigenvalue weighted by Gasteiger charge is 2.51. The van der Waals surface area contributed by atoms with Crippen molar-refractivity contribution in [3.63, 3.8) is 0 Å². The zero-order valence-corrected chi connectivity index (χ0v) is 7.73. The van der Waals surface area contributed by atoms with Crippen LogP contribution in [0.15, 0.2) is 0 Å². The number of hydrogen-bond acceptors (Lipinski definition) is 1. The first-order chi connectivity index (χ1) is 5.24. The Bertz CT molecular complexity index is 146. The summed E-state index contributed by atoms with van der Waals surface area (Å²) in [5.74, 6) is 2.28. The van der Waals surface area contributed by atoms with Crippen molar-refractivity contribution in [1.29, 1.82) is 0 Å². The summed E-state index contributed by atoms with van der Waals surface area (Å²) in [6, 6.07) is 0. The van der Waals surface area contributed by atoms with E-state index in [4.69, 9.17) is 16.3 Å². The third-order valence-electron chi connectivity index (χ3n) is 2.93. The Morgan fingerprint density at radius 1 is 1.64 bits per heavy atom. The maximum atomic E-state index is 5.75. The van der Waals surface area contributed by atoms with E-state index in [0.29, 0.717) is 5.92 Å². The molecule has 0 amide bonds. The van der Waals surface area contributed by atoms with Crippen molar-refractivity contribution in [2.24, 2.45) is 11.8 Å². The molecular formula is C9H15ClO. The molecule has 0 radical (unpaired) electrons. The van der Waals surface area contributed by atoms with Crippen molar-refractivity contribution in [3.05, 3.63) is 0 Å². The molecule has 0 aromatic heterocycles. The molecular weight excluding hydrogens is 160 g/mol. The number of hydrogen-bond donors (Lipinski definition) is 0. The molecule has 3 aliphatic rings. The van der Waals surface area contributed by atoms with Gasteiger partial charge in [0, 0.05) is 5.88 Å². The Labute approximate surface area is 73.1 Å². The summed E-state index contributed by atoms with van der Waals surface area (Å²) in [6.07, 6.45) is 3.77. The molecule has 1 aliphatic carbocycles. The lowest BCUT2D eigenvalue weighted by molar-refractivity contribution is -0.0156. The number of rotatable bonds is 3. The van der Waals surface area contributed by atoms with Crippen LogP contribution in [0.25, 0.3) is 0 Å². The topological polar surface area (TPSA) is 9.23 Å². The summed E-state index contributed by atoms with van der Waals surface area (Å²) in [5.41, 5.74) is 0.277. The molecule has 1 saturated carbocycles. The quantitative estimate of drug-likeness (QED) is 0.598. The van der Waals surface area contributed by atoms with E-state index in [1.807, 2.05) is 0 Å². The highest BCUT2D eigenvalue weighted by molar-refractivity contribution is 6.18. The molecule has 11 heavy (non-hydrogen) atoms. The molecule has 3 fully saturated rings. The highest BCUT2D eigenvalue weighted by atomic mass is 35.5. The second kappa shape index (κ2) is 2.63. The minimum atomic E-state index is 0.277. The van der Waals surface area contributed by atoms with Gasteiger partial charge in [0.2, 0.25) is 0 Å². The molecule has 64 valence electrons. The van der Waals surface area contributed by atoms with Gasteiger partial charge in [-0.05, 0) is 31.1 Å². The maximum Gasteiger partial charge on any atom is 0.0692 e. The van der Waals surface area contributed by atoms with E-state index in [9.17, 15) is 0 Å². The minimum Gasteiger partial charge on any atom is -0.375 e. The van der Waals surface area contributed by atoms with Gasteiger partial charge in [-0.2, -0.15) is 0 Å². The minimum absolute atomic E-state index is 0.277. The first-order valence-electron chi connectivity index (χ1n) is 4.44. The summed E-state index contributed by atoms with van der Waals surface area (Å²) < 4.78 is 5.73. The van der Waals surface area contributed by atoms with Gasteiger partial charge in [-0.15, -0.1) is 11.6 Å². The molecule has 1 unspecified atom stereocenters. The second-order valence-corrected chi connectivity index (χ2v) is 4.54. The Kier molecular flexibility index (Phi) is 1.89. The molecule has 0 N–H and O–H groups in total. The van der Waals surface area contributed by atoms with Crippen molar-refractivity contribution < 1.29 is 4.74 Å². The van der Waals surface area contributed by atoms with Crippen LogP contribution < -0.4 is 0 Å². The smallest absolute Gasteiger partial charge is 0.0692 e. The summed E-state index contributed by atoms with van der Waals surface area (Å²) in [7, 11) is 0. The zero-order chi connectivity index (χ0) is 7.90. The molecule has 2 aliphatic heterocycles. The second-order valence-electron chi connectivity index (χ2n) is 4.23. The fraction of sp³-hybridized carbons (Fsp3) is 1.00. The molecule has 1 atom stereocenters. The zero-order valence-electron chi connectivity index (χ0n) is 6.98. The largest absolute Gasteiger partial charge is 0.375 e. The molecule has 0 spiro atoms. The van der Waals surface area contributed by atoms with Gasteiger partial charge < -0.3 is 4.74 Å². The Hall–Kier alpha value is 0.250. The predicted molar refractivity (Wildman–Crippen MR) is 45.9 cm³/mol. The normalized spacial score (nSPS) is 43.6. The number of alkyl halides is 1. The fourth-order valence-corrected chi connectivity index (χ4v) is 2.55. The maximum absolute atomic E-state index is 5.75. The van der Waals surface area contributed by atoms with Crippen LogP contribution >= 0.6 is 11.6 Å². The molecule has 1 nitrogen and oxygen atoms in total. The molecule has 0 aromatic rings. The molecule has 3 rings (SSSR count). The summed E-state index contributed by atoms with van der Waals surface area (Å²) in [6.45, 7) is 3.21. The van der Waals surface area contributed by atoms with Gasteiger partial charge >= 0.3 is 0 Å². The van der Waals surface area contributed by atoms with Crippen molar-refractivity contribution in [1.82, 2.24) is 0 Å². The van der Waals surface area contributed by atoms with Gasteiger partial charge in [0.15, 0.2) is 0 Å². The van der Waals surface area contributed by atoms with E-state index >= 15 is 0 Å². The number of fused-ring (bicyclic) bond motifs is 1. The van der Waals surface area contributed by atoms with Crippen LogP contribution in [0, 0.1) is 11.8 Å². The van der Waals surface area contributed by atoms with Gasteiger partial charge in [-0.3, -0.25) is 0 Å². The number of halogens is 1. The van der Waals surface area contributed by atoms with E-state index in [1.54, 1.807) is 0 Å². The van der Waals surface area contributed by atoms with E-state index in [0.717, 1.165) is 18.4 Å². The monoisotopic (exact) mass is 174 g/mol. The standard InChI is InChI=1S/C9H15ClO/c1-7(5-10)2-9-3-8(4-9)6-11-9/h7-8H,2-6H2,1H3. The van der Waals surface area contributed by atoms with E-state index in [2.05, 4.69) is 6.92 Å². The first-order valence-corrected chi connectivity index (χ1v) is 4.97. The molecule has 0 aromatic carbocycles. The van der Waals surface area contributed by atoms with Crippen LogP contribution in [-0.2, 0) is 4.74 Å². The van der Waals surface area contributed by atoms with Crippen molar-refractivity contribution in [3.8, 4) is 0 Å². The summed E-state index contributed by atoms with van der Waals surface area (Å²) in [5, 5.41) is 0. The molecule has 2 heteroatoms. The molecule has 2 bridgehead atoms. The average molecular weight is 175 g/mol. The van der Waals surface area contributed by atoms with Gasteiger partial charge in [0.1, 0.15) is 0 Å². The van der Waals surface area contributed by atoms with Crippen LogP contribution in [-0.4, -0.2) is 18.1 Å². The highest BCUT2D eigenvalue weighted by Crippen LogP contribution is 2.51. The van der Waals surface area contributed by atoms with E-state index in [-0.39, 0.29) is 5.60 Å². The van der Waals surface area contributed by atoms with Gasteiger partial charge in [0.05, 0.1) is 12.2 Å².